The second-order valence-corrected chi connectivity index (χ2v) is 15.4. The van der Waals surface area contributed by atoms with Crippen LogP contribution in [0.5, 0.6) is 0 Å². The van der Waals surface area contributed by atoms with Gasteiger partial charge in [-0.2, -0.15) is 0 Å². The molecule has 0 aliphatic rings. The molecule has 0 unspecified atom stereocenters. The number of anilines is 9. The molecule has 0 fully saturated rings. The van der Waals surface area contributed by atoms with Gasteiger partial charge in [0.2, 0.25) is 0 Å². The molecule has 0 saturated heterocycles. The van der Waals surface area contributed by atoms with Gasteiger partial charge in [0, 0.05) is 51.2 Å². The van der Waals surface area contributed by atoms with Crippen LogP contribution in [0.25, 0.3) is 33.4 Å². The highest BCUT2D eigenvalue weighted by Crippen LogP contribution is 2.41. The van der Waals surface area contributed by atoms with E-state index in [9.17, 15) is 0 Å². The molecule has 10 rings (SSSR count). The van der Waals surface area contributed by atoms with Gasteiger partial charge >= 0.3 is 0 Å². The molecule has 0 radical (unpaired) electrons. The van der Waals surface area contributed by atoms with Gasteiger partial charge in [-0.05, 0) is 143 Å². The monoisotopic (exact) mass is 807 g/mol. The number of benzene rings is 10. The summed E-state index contributed by atoms with van der Waals surface area (Å²) < 4.78 is 0. The van der Waals surface area contributed by atoms with E-state index >= 15 is 0 Å². The van der Waals surface area contributed by atoms with Crippen molar-refractivity contribution in [2.75, 3.05) is 14.7 Å². The third-order valence-electron chi connectivity index (χ3n) is 11.5. The number of hydrogen-bond acceptors (Lipinski definition) is 3. The van der Waals surface area contributed by atoms with E-state index in [0.717, 1.165) is 56.7 Å². The maximum atomic E-state index is 2.32. The van der Waals surface area contributed by atoms with Crippen LogP contribution in [-0.4, -0.2) is 0 Å². The minimum absolute atomic E-state index is 1.09. The molecule has 63 heavy (non-hydrogen) atoms. The molecule has 0 saturated carbocycles. The van der Waals surface area contributed by atoms with E-state index in [-0.39, 0.29) is 0 Å². The van der Waals surface area contributed by atoms with Crippen LogP contribution in [0.3, 0.4) is 0 Å². The maximum Gasteiger partial charge on any atom is 0.0462 e. The lowest BCUT2D eigenvalue weighted by Crippen LogP contribution is -2.10. The van der Waals surface area contributed by atoms with E-state index in [0.29, 0.717) is 0 Å². The average Bonchev–Trinajstić information content (AvgIpc) is 3.37. The Hall–Kier alpha value is -8.40. The third-order valence-corrected chi connectivity index (χ3v) is 11.5. The predicted octanol–water partition coefficient (Wildman–Crippen LogP) is 17.1. The predicted molar refractivity (Wildman–Crippen MR) is 267 cm³/mol. The number of rotatable bonds is 12. The summed E-state index contributed by atoms with van der Waals surface area (Å²) in [5.41, 5.74) is 17.1. The standard InChI is InChI=1S/C60H45N3/c1-6-18-50(19-7-1)61(51-20-8-2-9-21-51)55-38-30-46(31-39-55)47-32-40-56(41-33-47)63(54-26-14-5-15-27-54)58-44-36-49(37-45-58)60-29-17-16-28-59(60)48-34-42-57(43-35-48)62(52-22-10-3-11-23-52)53-24-12-4-13-25-53/h1-45H. The van der Waals surface area contributed by atoms with E-state index < -0.39 is 0 Å². The van der Waals surface area contributed by atoms with Gasteiger partial charge < -0.3 is 14.7 Å². The van der Waals surface area contributed by atoms with Gasteiger partial charge in [-0.25, -0.2) is 0 Å². The van der Waals surface area contributed by atoms with Gasteiger partial charge in [0.1, 0.15) is 0 Å². The van der Waals surface area contributed by atoms with Gasteiger partial charge in [0.25, 0.3) is 0 Å². The van der Waals surface area contributed by atoms with Crippen molar-refractivity contribution in [2.45, 2.75) is 0 Å². The summed E-state index contributed by atoms with van der Waals surface area (Å²) in [4.78, 5) is 6.91. The fraction of sp³-hybridized carbons (Fsp3) is 0. The van der Waals surface area contributed by atoms with Crippen LogP contribution in [0, 0.1) is 0 Å². The third kappa shape index (κ3) is 8.37. The summed E-state index contributed by atoms with van der Waals surface area (Å²) in [6, 6.07) is 97.0. The lowest BCUT2D eigenvalue weighted by atomic mass is 9.94. The van der Waals surface area contributed by atoms with E-state index in [1.807, 2.05) is 0 Å². The molecule has 0 aromatic heterocycles. The summed E-state index contributed by atoms with van der Waals surface area (Å²) in [6.45, 7) is 0. The minimum atomic E-state index is 1.09. The highest BCUT2D eigenvalue weighted by Gasteiger charge is 2.17. The first-order valence-corrected chi connectivity index (χ1v) is 21.4. The molecule has 0 atom stereocenters. The maximum absolute atomic E-state index is 2.32. The molecule has 10 aromatic rings. The quantitative estimate of drug-likeness (QED) is 0.122. The van der Waals surface area contributed by atoms with E-state index in [4.69, 9.17) is 0 Å². The molecule has 3 nitrogen and oxygen atoms in total. The lowest BCUT2D eigenvalue weighted by Gasteiger charge is -2.26. The first-order valence-electron chi connectivity index (χ1n) is 21.4. The van der Waals surface area contributed by atoms with Crippen molar-refractivity contribution in [3.05, 3.63) is 273 Å². The molecule has 0 heterocycles. The van der Waals surface area contributed by atoms with Gasteiger partial charge in [0.15, 0.2) is 0 Å². The number of nitrogens with zero attached hydrogens (tertiary/aromatic N) is 3. The Labute approximate surface area is 370 Å². The zero-order valence-corrected chi connectivity index (χ0v) is 34.8. The SMILES string of the molecule is c1ccc(N(c2ccccc2)c2ccc(-c3ccc(N(c4ccccc4)c4ccc(-c5ccccc5-c5ccc(N(c6ccccc6)c6ccccc6)cc5)cc4)cc3)cc2)cc1. The molecule has 0 aliphatic heterocycles. The molecule has 0 N–H and O–H groups in total. The van der Waals surface area contributed by atoms with Gasteiger partial charge in [-0.15, -0.1) is 0 Å². The zero-order chi connectivity index (χ0) is 42.2. The first kappa shape index (κ1) is 38.8. The Bertz CT molecular complexity index is 2910. The van der Waals surface area contributed by atoms with Gasteiger partial charge in [-0.1, -0.05) is 164 Å². The molecule has 0 amide bonds. The second-order valence-electron chi connectivity index (χ2n) is 15.4. The second kappa shape index (κ2) is 18.1. The number of hydrogen-bond donors (Lipinski definition) is 0. The lowest BCUT2D eigenvalue weighted by molar-refractivity contribution is 1.28. The van der Waals surface area contributed by atoms with Crippen molar-refractivity contribution in [2.24, 2.45) is 0 Å². The van der Waals surface area contributed by atoms with Crippen LogP contribution >= 0.6 is 0 Å². The Kier molecular flexibility index (Phi) is 11.1. The summed E-state index contributed by atoms with van der Waals surface area (Å²) >= 11 is 0. The number of para-hydroxylation sites is 5. The minimum Gasteiger partial charge on any atom is -0.311 e. The summed E-state index contributed by atoms with van der Waals surface area (Å²) in [5.74, 6) is 0. The Morgan fingerprint density at radius 3 is 0.540 bits per heavy atom. The van der Waals surface area contributed by atoms with Crippen LogP contribution in [0.1, 0.15) is 0 Å². The molecular formula is C60H45N3. The van der Waals surface area contributed by atoms with Gasteiger partial charge in [-0.3, -0.25) is 0 Å². The van der Waals surface area contributed by atoms with Crippen molar-refractivity contribution in [3.8, 4) is 33.4 Å². The van der Waals surface area contributed by atoms with E-state index in [1.54, 1.807) is 0 Å². The van der Waals surface area contributed by atoms with Crippen molar-refractivity contribution in [3.63, 3.8) is 0 Å². The molecule has 3 heteroatoms. The average molecular weight is 808 g/mol. The van der Waals surface area contributed by atoms with E-state index in [2.05, 4.69) is 288 Å². The topological polar surface area (TPSA) is 9.72 Å². The van der Waals surface area contributed by atoms with Crippen molar-refractivity contribution >= 4 is 51.2 Å². The molecule has 300 valence electrons. The molecule has 0 aliphatic carbocycles. The highest BCUT2D eigenvalue weighted by atomic mass is 15.2. The first-order chi connectivity index (χ1) is 31.3. The van der Waals surface area contributed by atoms with Crippen molar-refractivity contribution < 1.29 is 0 Å². The smallest absolute Gasteiger partial charge is 0.0462 e. The molecule has 0 spiro atoms. The Morgan fingerprint density at radius 1 is 0.143 bits per heavy atom. The Morgan fingerprint density at radius 2 is 0.317 bits per heavy atom. The van der Waals surface area contributed by atoms with E-state index in [1.165, 1.54) is 27.8 Å². The van der Waals surface area contributed by atoms with Crippen LogP contribution in [0.4, 0.5) is 51.2 Å². The van der Waals surface area contributed by atoms with Crippen LogP contribution < -0.4 is 14.7 Å². The van der Waals surface area contributed by atoms with Crippen molar-refractivity contribution in [1.82, 2.24) is 0 Å². The summed E-state index contributed by atoms with van der Waals surface area (Å²) in [7, 11) is 0. The van der Waals surface area contributed by atoms with Crippen LogP contribution in [0.15, 0.2) is 273 Å². The Balaban J connectivity index is 0.920. The fourth-order valence-corrected chi connectivity index (χ4v) is 8.40. The molecule has 10 aromatic carbocycles. The summed E-state index contributed by atoms with van der Waals surface area (Å²) in [5, 5.41) is 0. The summed E-state index contributed by atoms with van der Waals surface area (Å²) in [6.07, 6.45) is 0. The largest absolute Gasteiger partial charge is 0.311 e. The fourth-order valence-electron chi connectivity index (χ4n) is 8.40. The highest BCUT2D eigenvalue weighted by molar-refractivity contribution is 5.87. The normalized spacial score (nSPS) is 10.9. The van der Waals surface area contributed by atoms with Crippen molar-refractivity contribution in [1.29, 1.82) is 0 Å². The van der Waals surface area contributed by atoms with Gasteiger partial charge in [0.05, 0.1) is 0 Å². The van der Waals surface area contributed by atoms with Crippen LogP contribution in [0.2, 0.25) is 0 Å². The molecule has 0 bridgehead atoms. The van der Waals surface area contributed by atoms with Crippen LogP contribution in [-0.2, 0) is 0 Å². The molecular weight excluding hydrogens is 763 g/mol. The zero-order valence-electron chi connectivity index (χ0n) is 34.8.